The lowest BCUT2D eigenvalue weighted by Crippen LogP contribution is -2.37. The van der Waals surface area contributed by atoms with E-state index in [1.807, 2.05) is 17.9 Å². The van der Waals surface area contributed by atoms with Crippen LogP contribution < -0.4 is 5.32 Å². The lowest BCUT2D eigenvalue weighted by Gasteiger charge is -2.23. The van der Waals surface area contributed by atoms with Crippen LogP contribution in [0.4, 0.5) is 0 Å². The zero-order chi connectivity index (χ0) is 11.2. The molecule has 1 aromatic heterocycles. The number of ether oxygens (including phenoxy) is 1. The molecule has 2 heterocycles. The van der Waals surface area contributed by atoms with E-state index in [1.165, 1.54) is 24.8 Å². The van der Waals surface area contributed by atoms with Crippen molar-refractivity contribution in [2.24, 2.45) is 7.05 Å². The van der Waals surface area contributed by atoms with Crippen LogP contribution in [-0.2, 0) is 18.2 Å². The molecule has 1 aliphatic heterocycles. The lowest BCUT2D eigenvalue weighted by molar-refractivity contribution is 0.0705. The summed E-state index contributed by atoms with van der Waals surface area (Å²) < 4.78 is 7.28. The molecule has 2 rings (SSSR count). The van der Waals surface area contributed by atoms with E-state index in [1.54, 1.807) is 0 Å². The van der Waals surface area contributed by atoms with Gasteiger partial charge in [0.2, 0.25) is 0 Å². The molecule has 1 atom stereocenters. The molecule has 0 aliphatic carbocycles. The average Bonchev–Trinajstić information content (AvgIpc) is 2.72. The van der Waals surface area contributed by atoms with E-state index >= 15 is 0 Å². The molecule has 1 fully saturated rings. The second kappa shape index (κ2) is 6.01. The molecule has 0 spiro atoms. The van der Waals surface area contributed by atoms with E-state index in [4.69, 9.17) is 4.74 Å². The van der Waals surface area contributed by atoms with Gasteiger partial charge in [0.25, 0.3) is 0 Å². The third-order valence-electron chi connectivity index (χ3n) is 2.99. The van der Waals surface area contributed by atoms with Crippen molar-refractivity contribution in [2.45, 2.75) is 31.7 Å². The highest BCUT2D eigenvalue weighted by Crippen LogP contribution is 2.06. The Labute approximate surface area is 97.0 Å². The van der Waals surface area contributed by atoms with Gasteiger partial charge in [0, 0.05) is 25.9 Å². The molecule has 90 valence electrons. The summed E-state index contributed by atoms with van der Waals surface area (Å²) in [4.78, 5) is 0. The molecule has 4 heteroatoms. The van der Waals surface area contributed by atoms with Crippen molar-refractivity contribution < 1.29 is 4.74 Å². The maximum Gasteiger partial charge on any atom is 0.0619 e. The molecule has 0 amide bonds. The van der Waals surface area contributed by atoms with Crippen LogP contribution in [0.25, 0.3) is 0 Å². The molecule has 0 bridgehead atoms. The SMILES string of the molecule is Cn1cc(CCCNC2CCCOC2)cn1. The Bertz CT molecular complexity index is 305. The molecule has 1 aliphatic rings. The van der Waals surface area contributed by atoms with Gasteiger partial charge in [0.1, 0.15) is 0 Å². The van der Waals surface area contributed by atoms with Crippen molar-refractivity contribution >= 4 is 0 Å². The Balaban J connectivity index is 1.57. The topological polar surface area (TPSA) is 39.1 Å². The average molecular weight is 223 g/mol. The predicted octanol–water partition coefficient (Wildman–Crippen LogP) is 1.12. The monoisotopic (exact) mass is 223 g/mol. The first kappa shape index (κ1) is 11.6. The first-order valence-corrected chi connectivity index (χ1v) is 6.13. The number of hydrogen-bond donors (Lipinski definition) is 1. The zero-order valence-electron chi connectivity index (χ0n) is 9.98. The fourth-order valence-electron chi connectivity index (χ4n) is 2.10. The third-order valence-corrected chi connectivity index (χ3v) is 2.99. The summed E-state index contributed by atoms with van der Waals surface area (Å²) in [6, 6.07) is 0.572. The maximum atomic E-state index is 5.42. The second-order valence-electron chi connectivity index (χ2n) is 4.49. The van der Waals surface area contributed by atoms with Gasteiger partial charge in [-0.2, -0.15) is 5.10 Å². The molecule has 16 heavy (non-hydrogen) atoms. The summed E-state index contributed by atoms with van der Waals surface area (Å²) >= 11 is 0. The van der Waals surface area contributed by atoms with Crippen LogP contribution in [0, 0.1) is 0 Å². The van der Waals surface area contributed by atoms with Gasteiger partial charge in [-0.25, -0.2) is 0 Å². The number of aryl methyl sites for hydroxylation is 2. The van der Waals surface area contributed by atoms with Gasteiger partial charge in [-0.05, 0) is 37.8 Å². The summed E-state index contributed by atoms with van der Waals surface area (Å²) in [6.07, 6.45) is 8.76. The summed E-state index contributed by atoms with van der Waals surface area (Å²) in [5, 5.41) is 7.71. The number of nitrogens with one attached hydrogen (secondary N) is 1. The summed E-state index contributed by atoms with van der Waals surface area (Å²) in [5.74, 6) is 0. The molecule has 0 saturated carbocycles. The van der Waals surface area contributed by atoms with Gasteiger partial charge in [-0.15, -0.1) is 0 Å². The van der Waals surface area contributed by atoms with Gasteiger partial charge in [-0.3, -0.25) is 4.68 Å². The smallest absolute Gasteiger partial charge is 0.0619 e. The van der Waals surface area contributed by atoms with Crippen LogP contribution >= 0.6 is 0 Å². The van der Waals surface area contributed by atoms with Crippen molar-refractivity contribution in [3.8, 4) is 0 Å². The zero-order valence-corrected chi connectivity index (χ0v) is 9.98. The fourth-order valence-corrected chi connectivity index (χ4v) is 2.10. The molecule has 1 aromatic rings. The predicted molar refractivity (Wildman–Crippen MR) is 63.4 cm³/mol. The maximum absolute atomic E-state index is 5.42. The van der Waals surface area contributed by atoms with E-state index in [0.29, 0.717) is 6.04 Å². The summed E-state index contributed by atoms with van der Waals surface area (Å²) in [7, 11) is 1.96. The van der Waals surface area contributed by atoms with E-state index in [2.05, 4.69) is 16.6 Å². The Morgan fingerprint density at radius 2 is 2.56 bits per heavy atom. The minimum absolute atomic E-state index is 0.572. The minimum Gasteiger partial charge on any atom is -0.380 e. The largest absolute Gasteiger partial charge is 0.380 e. The van der Waals surface area contributed by atoms with Gasteiger partial charge < -0.3 is 10.1 Å². The molecule has 1 N–H and O–H groups in total. The Kier molecular flexibility index (Phi) is 4.36. The van der Waals surface area contributed by atoms with Crippen molar-refractivity contribution in [1.29, 1.82) is 0 Å². The van der Waals surface area contributed by atoms with Crippen LogP contribution in [0.2, 0.25) is 0 Å². The van der Waals surface area contributed by atoms with E-state index in [9.17, 15) is 0 Å². The van der Waals surface area contributed by atoms with Crippen LogP contribution in [0.5, 0.6) is 0 Å². The van der Waals surface area contributed by atoms with Crippen LogP contribution in [0.15, 0.2) is 12.4 Å². The standard InChI is InChI=1S/C12H21N3O/c1-15-9-11(8-14-15)4-2-6-13-12-5-3-7-16-10-12/h8-9,12-13H,2-7,10H2,1H3. The Morgan fingerprint density at radius 1 is 1.62 bits per heavy atom. The van der Waals surface area contributed by atoms with E-state index in [0.717, 1.165) is 26.2 Å². The molecule has 0 aromatic carbocycles. The lowest BCUT2D eigenvalue weighted by atomic mass is 10.1. The Morgan fingerprint density at radius 3 is 3.25 bits per heavy atom. The number of hydrogen-bond acceptors (Lipinski definition) is 3. The first-order valence-electron chi connectivity index (χ1n) is 6.13. The molecule has 0 radical (unpaired) electrons. The van der Waals surface area contributed by atoms with Crippen molar-refractivity contribution in [3.63, 3.8) is 0 Å². The van der Waals surface area contributed by atoms with E-state index < -0.39 is 0 Å². The van der Waals surface area contributed by atoms with Crippen LogP contribution in [0.3, 0.4) is 0 Å². The fraction of sp³-hybridized carbons (Fsp3) is 0.750. The third kappa shape index (κ3) is 3.61. The normalized spacial score (nSPS) is 21.2. The van der Waals surface area contributed by atoms with Crippen molar-refractivity contribution in [3.05, 3.63) is 18.0 Å². The summed E-state index contributed by atoms with van der Waals surface area (Å²) in [6.45, 7) is 2.89. The van der Waals surface area contributed by atoms with Crippen LogP contribution in [0.1, 0.15) is 24.8 Å². The van der Waals surface area contributed by atoms with Crippen molar-refractivity contribution in [2.75, 3.05) is 19.8 Å². The Hall–Kier alpha value is -0.870. The second-order valence-corrected chi connectivity index (χ2v) is 4.49. The number of nitrogens with zero attached hydrogens (tertiary/aromatic N) is 2. The van der Waals surface area contributed by atoms with E-state index in [-0.39, 0.29) is 0 Å². The molecule has 1 saturated heterocycles. The van der Waals surface area contributed by atoms with Gasteiger partial charge in [0.05, 0.1) is 12.8 Å². The highest BCUT2D eigenvalue weighted by Gasteiger charge is 2.12. The summed E-state index contributed by atoms with van der Waals surface area (Å²) in [5.41, 5.74) is 1.32. The van der Waals surface area contributed by atoms with Crippen molar-refractivity contribution in [1.82, 2.24) is 15.1 Å². The first-order chi connectivity index (χ1) is 7.84. The molecular formula is C12H21N3O. The van der Waals surface area contributed by atoms with Gasteiger partial charge in [-0.1, -0.05) is 0 Å². The molecule has 4 nitrogen and oxygen atoms in total. The molecular weight excluding hydrogens is 202 g/mol. The van der Waals surface area contributed by atoms with Gasteiger partial charge in [0.15, 0.2) is 0 Å². The highest BCUT2D eigenvalue weighted by molar-refractivity contribution is 5.03. The minimum atomic E-state index is 0.572. The number of rotatable bonds is 5. The highest BCUT2D eigenvalue weighted by atomic mass is 16.5. The quantitative estimate of drug-likeness (QED) is 0.760. The molecule has 1 unspecified atom stereocenters. The van der Waals surface area contributed by atoms with Crippen LogP contribution in [-0.4, -0.2) is 35.6 Å². The van der Waals surface area contributed by atoms with Gasteiger partial charge >= 0.3 is 0 Å². The number of aromatic nitrogens is 2.